The van der Waals surface area contributed by atoms with Crippen LogP contribution < -0.4 is 5.32 Å². The zero-order valence-corrected chi connectivity index (χ0v) is 11.7. The summed E-state index contributed by atoms with van der Waals surface area (Å²) < 4.78 is 5.45. The van der Waals surface area contributed by atoms with Gasteiger partial charge in [-0.15, -0.1) is 0 Å². The van der Waals surface area contributed by atoms with Gasteiger partial charge in [-0.25, -0.2) is 4.79 Å². The number of amides is 2. The summed E-state index contributed by atoms with van der Waals surface area (Å²) in [5.41, 5.74) is 0. The molecule has 110 valence electrons. The monoisotopic (exact) mass is 272 g/mol. The van der Waals surface area contributed by atoms with Crippen LogP contribution in [0.15, 0.2) is 0 Å². The van der Waals surface area contributed by atoms with Crippen LogP contribution in [0.25, 0.3) is 0 Å². The van der Waals surface area contributed by atoms with Gasteiger partial charge in [-0.3, -0.25) is 4.79 Å². The highest BCUT2D eigenvalue weighted by atomic mass is 16.5. The van der Waals surface area contributed by atoms with Gasteiger partial charge in [-0.2, -0.15) is 0 Å². The van der Waals surface area contributed by atoms with E-state index in [0.29, 0.717) is 13.2 Å². The van der Waals surface area contributed by atoms with Gasteiger partial charge in [0.2, 0.25) is 0 Å². The third-order valence-electron chi connectivity index (χ3n) is 3.11. The van der Waals surface area contributed by atoms with Gasteiger partial charge in [-0.1, -0.05) is 6.92 Å². The zero-order chi connectivity index (χ0) is 14.3. The second kappa shape index (κ2) is 7.99. The molecule has 1 rings (SSSR count). The Morgan fingerprint density at radius 3 is 2.74 bits per heavy atom. The first kappa shape index (κ1) is 15.8. The lowest BCUT2D eigenvalue weighted by Gasteiger charge is -2.19. The molecule has 0 heterocycles. The summed E-state index contributed by atoms with van der Waals surface area (Å²) in [5.74, 6) is -0.691. The quantitative estimate of drug-likeness (QED) is 0.617. The van der Waals surface area contributed by atoms with Crippen LogP contribution in [0.2, 0.25) is 0 Å². The Morgan fingerprint density at radius 1 is 1.47 bits per heavy atom. The van der Waals surface area contributed by atoms with E-state index >= 15 is 0 Å². The van der Waals surface area contributed by atoms with Crippen LogP contribution in [0.1, 0.15) is 26.2 Å². The number of urea groups is 1. The van der Waals surface area contributed by atoms with E-state index < -0.39 is 11.9 Å². The summed E-state index contributed by atoms with van der Waals surface area (Å²) in [6, 6.07) is -0.240. The summed E-state index contributed by atoms with van der Waals surface area (Å²) in [7, 11) is 1.60. The molecule has 6 nitrogen and oxygen atoms in total. The molecule has 1 aliphatic carbocycles. The van der Waals surface area contributed by atoms with Crippen LogP contribution in [0, 0.1) is 11.8 Å². The van der Waals surface area contributed by atoms with Crippen molar-refractivity contribution in [2.24, 2.45) is 11.8 Å². The minimum Gasteiger partial charge on any atom is -0.481 e. The molecule has 2 amide bonds. The lowest BCUT2D eigenvalue weighted by Crippen LogP contribution is -2.41. The Balaban J connectivity index is 2.00. The van der Waals surface area contributed by atoms with Crippen LogP contribution in [0.3, 0.4) is 0 Å². The SMILES string of the molecule is CC(CN(C)C(=O)NCCCOCC1CC1)C(=O)O. The third-order valence-corrected chi connectivity index (χ3v) is 3.11. The first-order valence-electron chi connectivity index (χ1n) is 6.80. The lowest BCUT2D eigenvalue weighted by atomic mass is 10.2. The summed E-state index contributed by atoms with van der Waals surface area (Å²) in [6.07, 6.45) is 3.34. The van der Waals surface area contributed by atoms with Crippen molar-refractivity contribution in [1.29, 1.82) is 0 Å². The maximum atomic E-state index is 11.6. The van der Waals surface area contributed by atoms with Gasteiger partial charge in [0.1, 0.15) is 0 Å². The van der Waals surface area contributed by atoms with Crippen molar-refractivity contribution in [2.45, 2.75) is 26.2 Å². The van der Waals surface area contributed by atoms with E-state index in [1.165, 1.54) is 17.7 Å². The van der Waals surface area contributed by atoms with Gasteiger partial charge in [-0.05, 0) is 25.2 Å². The fourth-order valence-electron chi connectivity index (χ4n) is 1.61. The number of aliphatic carboxylic acids is 1. The Bertz CT molecular complexity index is 305. The van der Waals surface area contributed by atoms with Crippen molar-refractivity contribution in [1.82, 2.24) is 10.2 Å². The van der Waals surface area contributed by atoms with Crippen molar-refractivity contribution < 1.29 is 19.4 Å². The highest BCUT2D eigenvalue weighted by Crippen LogP contribution is 2.28. The van der Waals surface area contributed by atoms with E-state index in [1.807, 2.05) is 0 Å². The van der Waals surface area contributed by atoms with Crippen LogP contribution >= 0.6 is 0 Å². The number of ether oxygens (including phenoxy) is 1. The maximum absolute atomic E-state index is 11.6. The molecule has 0 saturated heterocycles. The van der Waals surface area contributed by atoms with Gasteiger partial charge in [0.05, 0.1) is 5.92 Å². The van der Waals surface area contributed by atoms with E-state index in [4.69, 9.17) is 9.84 Å². The first-order chi connectivity index (χ1) is 9.00. The van der Waals surface area contributed by atoms with Crippen molar-refractivity contribution in [2.75, 3.05) is 33.4 Å². The topological polar surface area (TPSA) is 78.9 Å². The second-order valence-corrected chi connectivity index (χ2v) is 5.22. The lowest BCUT2D eigenvalue weighted by molar-refractivity contribution is -0.141. The molecule has 0 spiro atoms. The molecule has 1 aliphatic rings. The van der Waals surface area contributed by atoms with E-state index in [-0.39, 0.29) is 12.6 Å². The molecular formula is C13H24N2O4. The van der Waals surface area contributed by atoms with Crippen LogP contribution in [0.4, 0.5) is 4.79 Å². The molecule has 1 saturated carbocycles. The zero-order valence-electron chi connectivity index (χ0n) is 11.7. The number of carbonyl (C=O) groups is 2. The van der Waals surface area contributed by atoms with Gasteiger partial charge < -0.3 is 20.1 Å². The first-order valence-corrected chi connectivity index (χ1v) is 6.80. The summed E-state index contributed by atoms with van der Waals surface area (Å²) >= 11 is 0. The highest BCUT2D eigenvalue weighted by Gasteiger charge is 2.21. The van der Waals surface area contributed by atoms with E-state index in [9.17, 15) is 9.59 Å². The minimum atomic E-state index is -0.895. The molecule has 6 heteroatoms. The standard InChI is InChI=1S/C13H24N2O4/c1-10(12(16)17)8-15(2)13(18)14-6-3-7-19-9-11-4-5-11/h10-11H,3-9H2,1-2H3,(H,14,18)(H,16,17). The summed E-state index contributed by atoms with van der Waals surface area (Å²) in [6.45, 7) is 3.84. The van der Waals surface area contributed by atoms with Crippen LogP contribution in [-0.4, -0.2) is 55.4 Å². The largest absolute Gasteiger partial charge is 0.481 e. The van der Waals surface area contributed by atoms with Gasteiger partial charge in [0.15, 0.2) is 0 Å². The number of hydrogen-bond donors (Lipinski definition) is 2. The summed E-state index contributed by atoms with van der Waals surface area (Å²) in [4.78, 5) is 23.7. The number of nitrogens with zero attached hydrogens (tertiary/aromatic N) is 1. The van der Waals surface area contributed by atoms with Gasteiger partial charge >= 0.3 is 12.0 Å². The molecule has 2 N–H and O–H groups in total. The average molecular weight is 272 g/mol. The van der Waals surface area contributed by atoms with E-state index in [0.717, 1.165) is 18.9 Å². The third kappa shape index (κ3) is 7.00. The molecule has 1 fully saturated rings. The number of nitrogens with one attached hydrogen (secondary N) is 1. The minimum absolute atomic E-state index is 0.208. The molecular weight excluding hydrogens is 248 g/mol. The molecule has 1 atom stereocenters. The van der Waals surface area contributed by atoms with Crippen LogP contribution in [0.5, 0.6) is 0 Å². The molecule has 0 bridgehead atoms. The normalized spacial score (nSPS) is 15.9. The molecule has 0 aromatic carbocycles. The smallest absolute Gasteiger partial charge is 0.317 e. The molecule has 0 aromatic heterocycles. The van der Waals surface area contributed by atoms with Gasteiger partial charge in [0.25, 0.3) is 0 Å². The van der Waals surface area contributed by atoms with Crippen molar-refractivity contribution in [3.63, 3.8) is 0 Å². The second-order valence-electron chi connectivity index (χ2n) is 5.22. The average Bonchev–Trinajstić information content (AvgIpc) is 3.16. The van der Waals surface area contributed by atoms with Crippen molar-refractivity contribution >= 4 is 12.0 Å². The van der Waals surface area contributed by atoms with E-state index in [2.05, 4.69) is 5.32 Å². The Morgan fingerprint density at radius 2 is 2.16 bits per heavy atom. The van der Waals surface area contributed by atoms with Gasteiger partial charge in [0, 0.05) is 33.4 Å². The Hall–Kier alpha value is -1.30. The Kier molecular flexibility index (Phi) is 6.62. The predicted octanol–water partition coefficient (Wildman–Crippen LogP) is 1.17. The predicted molar refractivity (Wildman–Crippen MR) is 71.0 cm³/mol. The van der Waals surface area contributed by atoms with Crippen LogP contribution in [-0.2, 0) is 9.53 Å². The Labute approximate surface area is 114 Å². The molecule has 0 aromatic rings. The number of carboxylic acids is 1. The number of carbonyl (C=O) groups excluding carboxylic acids is 1. The molecule has 0 radical (unpaired) electrons. The molecule has 0 aliphatic heterocycles. The fourth-order valence-corrected chi connectivity index (χ4v) is 1.61. The fraction of sp³-hybridized carbons (Fsp3) is 0.846. The molecule has 1 unspecified atom stereocenters. The maximum Gasteiger partial charge on any atom is 0.317 e. The summed E-state index contributed by atoms with van der Waals surface area (Å²) in [5, 5.41) is 11.5. The molecule has 19 heavy (non-hydrogen) atoms. The van der Waals surface area contributed by atoms with E-state index in [1.54, 1.807) is 14.0 Å². The highest BCUT2D eigenvalue weighted by molar-refractivity contribution is 5.75. The van der Waals surface area contributed by atoms with Crippen molar-refractivity contribution in [3.8, 4) is 0 Å². The number of carboxylic acid groups (broad SMARTS) is 1. The van der Waals surface area contributed by atoms with Crippen molar-refractivity contribution in [3.05, 3.63) is 0 Å². The number of hydrogen-bond acceptors (Lipinski definition) is 3. The number of rotatable bonds is 9.